The lowest BCUT2D eigenvalue weighted by atomic mass is 9.90. The molecule has 0 saturated carbocycles. The minimum Gasteiger partial charge on any atom is -0.478 e. The van der Waals surface area contributed by atoms with Crippen molar-refractivity contribution in [2.75, 3.05) is 19.6 Å². The van der Waals surface area contributed by atoms with Crippen LogP contribution in [0.25, 0.3) is 0 Å². The SMILES string of the molecule is CC(CCN1CCC(Oc2ccccc2)(C(=O)O)CC1)c1ccccc1. The molecule has 1 atom stereocenters. The maximum absolute atomic E-state index is 11.9. The zero-order valence-electron chi connectivity index (χ0n) is 15.3. The van der Waals surface area contributed by atoms with Gasteiger partial charge < -0.3 is 14.7 Å². The summed E-state index contributed by atoms with van der Waals surface area (Å²) < 4.78 is 5.92. The summed E-state index contributed by atoms with van der Waals surface area (Å²) in [4.78, 5) is 14.3. The standard InChI is InChI=1S/C22H27NO3/c1-18(19-8-4-2-5-9-19)12-15-23-16-13-22(14-17-23,21(24)25)26-20-10-6-3-7-11-20/h2-11,18H,12-17H2,1H3,(H,24,25). The van der Waals surface area contributed by atoms with Crippen LogP contribution in [0.2, 0.25) is 0 Å². The lowest BCUT2D eigenvalue weighted by molar-refractivity contribution is -0.159. The third-order valence-electron chi connectivity index (χ3n) is 5.36. The lowest BCUT2D eigenvalue weighted by Gasteiger charge is -2.39. The quantitative estimate of drug-likeness (QED) is 0.811. The number of likely N-dealkylation sites (tertiary alicyclic amines) is 1. The maximum atomic E-state index is 11.9. The summed E-state index contributed by atoms with van der Waals surface area (Å²) in [6.45, 7) is 4.73. The minimum absolute atomic E-state index is 0.503. The van der Waals surface area contributed by atoms with Gasteiger partial charge in [-0.05, 0) is 36.6 Å². The van der Waals surface area contributed by atoms with Gasteiger partial charge in [0.05, 0.1) is 0 Å². The molecule has 2 aromatic rings. The summed E-state index contributed by atoms with van der Waals surface area (Å²) in [6.07, 6.45) is 2.09. The Labute approximate surface area is 155 Å². The van der Waals surface area contributed by atoms with Crippen molar-refractivity contribution in [3.8, 4) is 5.75 Å². The zero-order valence-corrected chi connectivity index (χ0v) is 15.3. The van der Waals surface area contributed by atoms with Crippen molar-refractivity contribution >= 4 is 5.97 Å². The van der Waals surface area contributed by atoms with E-state index in [0.29, 0.717) is 24.5 Å². The molecule has 0 amide bonds. The molecule has 0 aliphatic carbocycles. The molecule has 0 spiro atoms. The summed E-state index contributed by atoms with van der Waals surface area (Å²) >= 11 is 0. The molecule has 1 heterocycles. The van der Waals surface area contributed by atoms with Gasteiger partial charge >= 0.3 is 5.97 Å². The smallest absolute Gasteiger partial charge is 0.348 e. The number of piperidine rings is 1. The van der Waals surface area contributed by atoms with Crippen molar-refractivity contribution in [1.82, 2.24) is 4.90 Å². The molecular weight excluding hydrogens is 326 g/mol. The molecule has 3 rings (SSSR count). The van der Waals surface area contributed by atoms with E-state index in [2.05, 4.69) is 36.1 Å². The van der Waals surface area contributed by atoms with Crippen LogP contribution in [0.5, 0.6) is 5.75 Å². The predicted molar refractivity (Wildman–Crippen MR) is 103 cm³/mol. The Morgan fingerprint density at radius 2 is 1.65 bits per heavy atom. The van der Waals surface area contributed by atoms with Gasteiger partial charge in [-0.1, -0.05) is 55.5 Å². The largest absolute Gasteiger partial charge is 0.478 e. The molecule has 2 aromatic carbocycles. The van der Waals surface area contributed by atoms with Crippen molar-refractivity contribution in [3.05, 3.63) is 66.2 Å². The first kappa shape index (κ1) is 18.5. The lowest BCUT2D eigenvalue weighted by Crippen LogP contribution is -2.53. The number of benzene rings is 2. The second-order valence-electron chi connectivity index (χ2n) is 7.16. The summed E-state index contributed by atoms with van der Waals surface area (Å²) in [5.74, 6) is 0.266. The number of para-hydroxylation sites is 1. The van der Waals surface area contributed by atoms with Gasteiger partial charge in [0.2, 0.25) is 5.60 Å². The van der Waals surface area contributed by atoms with Crippen LogP contribution in [0.4, 0.5) is 0 Å². The number of aliphatic carboxylic acids is 1. The third kappa shape index (κ3) is 4.44. The molecule has 1 unspecified atom stereocenters. The van der Waals surface area contributed by atoms with Gasteiger partial charge in [-0.3, -0.25) is 0 Å². The highest BCUT2D eigenvalue weighted by Crippen LogP contribution is 2.30. The second-order valence-corrected chi connectivity index (χ2v) is 7.16. The number of hydrogen-bond acceptors (Lipinski definition) is 3. The van der Waals surface area contributed by atoms with E-state index in [-0.39, 0.29) is 0 Å². The highest BCUT2D eigenvalue weighted by Gasteiger charge is 2.44. The summed E-state index contributed by atoms with van der Waals surface area (Å²) in [5, 5.41) is 9.76. The van der Waals surface area contributed by atoms with E-state index >= 15 is 0 Å². The van der Waals surface area contributed by atoms with Gasteiger partial charge in [0.25, 0.3) is 0 Å². The Bertz CT molecular complexity index is 694. The van der Waals surface area contributed by atoms with Crippen LogP contribution in [-0.2, 0) is 4.79 Å². The fraction of sp³-hybridized carbons (Fsp3) is 0.409. The first-order valence-corrected chi connectivity index (χ1v) is 9.34. The summed E-state index contributed by atoms with van der Waals surface area (Å²) in [7, 11) is 0. The van der Waals surface area contributed by atoms with Gasteiger partial charge in [0, 0.05) is 25.9 Å². The number of rotatable bonds is 7. The predicted octanol–water partition coefficient (Wildman–Crippen LogP) is 4.18. The number of ether oxygens (including phenoxy) is 1. The van der Waals surface area contributed by atoms with E-state index < -0.39 is 11.6 Å². The number of carboxylic acid groups (broad SMARTS) is 1. The third-order valence-corrected chi connectivity index (χ3v) is 5.36. The fourth-order valence-corrected chi connectivity index (χ4v) is 3.54. The molecule has 0 bridgehead atoms. The molecule has 1 N–H and O–H groups in total. The van der Waals surface area contributed by atoms with E-state index in [1.54, 1.807) is 0 Å². The van der Waals surface area contributed by atoms with E-state index in [4.69, 9.17) is 4.74 Å². The topological polar surface area (TPSA) is 49.8 Å². The molecule has 1 saturated heterocycles. The molecule has 4 nitrogen and oxygen atoms in total. The zero-order chi connectivity index (χ0) is 18.4. The highest BCUT2D eigenvalue weighted by molar-refractivity contribution is 5.78. The monoisotopic (exact) mass is 353 g/mol. The second kappa shape index (κ2) is 8.37. The van der Waals surface area contributed by atoms with Gasteiger partial charge in [0.1, 0.15) is 5.75 Å². The highest BCUT2D eigenvalue weighted by atomic mass is 16.5. The summed E-state index contributed by atoms with van der Waals surface area (Å²) in [6, 6.07) is 19.8. The number of hydrogen-bond donors (Lipinski definition) is 1. The van der Waals surface area contributed by atoms with Gasteiger partial charge in [0.15, 0.2) is 0 Å². The first-order chi connectivity index (χ1) is 12.6. The van der Waals surface area contributed by atoms with Crippen LogP contribution < -0.4 is 4.74 Å². The molecule has 1 aliphatic heterocycles. The average Bonchev–Trinajstić information content (AvgIpc) is 2.68. The van der Waals surface area contributed by atoms with Crippen LogP contribution in [0, 0.1) is 0 Å². The van der Waals surface area contributed by atoms with Crippen molar-refractivity contribution < 1.29 is 14.6 Å². The van der Waals surface area contributed by atoms with Crippen LogP contribution in [-0.4, -0.2) is 41.2 Å². The van der Waals surface area contributed by atoms with E-state index in [9.17, 15) is 9.90 Å². The van der Waals surface area contributed by atoms with Crippen molar-refractivity contribution in [1.29, 1.82) is 0 Å². The molecule has 138 valence electrons. The van der Waals surface area contributed by atoms with E-state index in [1.165, 1.54) is 5.56 Å². The number of carbonyl (C=O) groups is 1. The van der Waals surface area contributed by atoms with E-state index in [1.807, 2.05) is 36.4 Å². The Morgan fingerprint density at radius 1 is 1.08 bits per heavy atom. The van der Waals surface area contributed by atoms with Crippen molar-refractivity contribution in [2.24, 2.45) is 0 Å². The molecule has 0 radical (unpaired) electrons. The van der Waals surface area contributed by atoms with Gasteiger partial charge in [-0.15, -0.1) is 0 Å². The Kier molecular flexibility index (Phi) is 5.94. The van der Waals surface area contributed by atoms with Gasteiger partial charge in [-0.2, -0.15) is 0 Å². The van der Waals surface area contributed by atoms with Crippen LogP contribution >= 0.6 is 0 Å². The molecule has 0 aromatic heterocycles. The molecular formula is C22H27NO3. The van der Waals surface area contributed by atoms with Crippen LogP contribution in [0.15, 0.2) is 60.7 Å². The van der Waals surface area contributed by atoms with E-state index in [0.717, 1.165) is 26.1 Å². The normalized spacial score (nSPS) is 18.2. The van der Waals surface area contributed by atoms with Crippen molar-refractivity contribution in [2.45, 2.75) is 37.7 Å². The minimum atomic E-state index is -1.11. The molecule has 4 heteroatoms. The first-order valence-electron chi connectivity index (χ1n) is 9.34. The maximum Gasteiger partial charge on any atom is 0.348 e. The Morgan fingerprint density at radius 3 is 2.23 bits per heavy atom. The fourth-order valence-electron chi connectivity index (χ4n) is 3.54. The Balaban J connectivity index is 1.54. The Hall–Kier alpha value is -2.33. The molecule has 1 fully saturated rings. The average molecular weight is 353 g/mol. The van der Waals surface area contributed by atoms with Crippen molar-refractivity contribution in [3.63, 3.8) is 0 Å². The summed E-state index contributed by atoms with van der Waals surface area (Å²) in [5.41, 5.74) is 0.250. The number of nitrogens with zero attached hydrogens (tertiary/aromatic N) is 1. The molecule has 26 heavy (non-hydrogen) atoms. The van der Waals surface area contributed by atoms with Gasteiger partial charge in [-0.25, -0.2) is 4.79 Å². The number of carboxylic acids is 1. The van der Waals surface area contributed by atoms with Crippen LogP contribution in [0.3, 0.4) is 0 Å². The molecule has 1 aliphatic rings. The van der Waals surface area contributed by atoms with Crippen LogP contribution in [0.1, 0.15) is 37.7 Å².